The lowest BCUT2D eigenvalue weighted by molar-refractivity contribution is 0.148. The van der Waals surface area contributed by atoms with E-state index in [1.807, 2.05) is 0 Å². The molecule has 1 atom stereocenters. The molecule has 2 nitrogen and oxygen atoms in total. The molecule has 0 aliphatic carbocycles. The Bertz CT molecular complexity index is 527. The van der Waals surface area contributed by atoms with Crippen LogP contribution in [0.4, 0.5) is 4.39 Å². The molecule has 0 radical (unpaired) electrons. The van der Waals surface area contributed by atoms with Gasteiger partial charge < -0.3 is 9.52 Å². The van der Waals surface area contributed by atoms with Gasteiger partial charge in [-0.1, -0.05) is 23.7 Å². The molecule has 1 N–H and O–H groups in total. The van der Waals surface area contributed by atoms with Crippen LogP contribution in [0.15, 0.2) is 39.4 Å². The average Bonchev–Trinajstić information content (AvgIpc) is 2.72. The highest BCUT2D eigenvalue weighted by Gasteiger charge is 2.15. The molecule has 1 heterocycles. The van der Waals surface area contributed by atoms with E-state index in [4.69, 9.17) is 16.0 Å². The Hall–Kier alpha value is -0.840. The van der Waals surface area contributed by atoms with Crippen molar-refractivity contribution in [2.45, 2.75) is 12.5 Å². The Labute approximate surface area is 111 Å². The van der Waals surface area contributed by atoms with Gasteiger partial charge in [0.2, 0.25) is 0 Å². The zero-order valence-corrected chi connectivity index (χ0v) is 11.0. The van der Waals surface area contributed by atoms with Gasteiger partial charge in [0.1, 0.15) is 17.7 Å². The molecule has 0 bridgehead atoms. The summed E-state index contributed by atoms with van der Waals surface area (Å²) in [5.74, 6) is -0.0748. The van der Waals surface area contributed by atoms with Crippen LogP contribution in [-0.4, -0.2) is 5.11 Å². The SMILES string of the molecule is OC(Cc1cccc(F)c1Cl)c1ccc(Br)o1. The first-order valence-corrected chi connectivity index (χ1v) is 6.11. The first-order chi connectivity index (χ1) is 8.08. The lowest BCUT2D eigenvalue weighted by Crippen LogP contribution is -2.01. The summed E-state index contributed by atoms with van der Waals surface area (Å²) in [5, 5.41) is 9.95. The Morgan fingerprint density at radius 2 is 2.12 bits per heavy atom. The van der Waals surface area contributed by atoms with Gasteiger partial charge in [-0.05, 0) is 39.7 Å². The summed E-state index contributed by atoms with van der Waals surface area (Å²) in [6.45, 7) is 0. The third kappa shape index (κ3) is 2.89. The van der Waals surface area contributed by atoms with Gasteiger partial charge in [-0.2, -0.15) is 0 Å². The van der Waals surface area contributed by atoms with E-state index in [2.05, 4.69) is 15.9 Å². The van der Waals surface area contributed by atoms with Crippen molar-refractivity contribution in [2.24, 2.45) is 0 Å². The normalized spacial score (nSPS) is 12.7. The summed E-state index contributed by atoms with van der Waals surface area (Å²) in [6, 6.07) is 7.85. The summed E-state index contributed by atoms with van der Waals surface area (Å²) in [5.41, 5.74) is 0.548. The van der Waals surface area contributed by atoms with Crippen LogP contribution >= 0.6 is 27.5 Å². The lowest BCUT2D eigenvalue weighted by atomic mass is 10.1. The van der Waals surface area contributed by atoms with E-state index in [1.54, 1.807) is 24.3 Å². The fourth-order valence-electron chi connectivity index (χ4n) is 1.52. The number of aliphatic hydroxyl groups is 1. The largest absolute Gasteiger partial charge is 0.452 e. The molecule has 1 aromatic heterocycles. The zero-order valence-electron chi connectivity index (χ0n) is 8.66. The Balaban J connectivity index is 2.18. The number of hydrogen-bond donors (Lipinski definition) is 1. The summed E-state index contributed by atoms with van der Waals surface area (Å²) in [6.07, 6.45) is -0.642. The van der Waals surface area contributed by atoms with Crippen LogP contribution in [0.2, 0.25) is 5.02 Å². The van der Waals surface area contributed by atoms with Crippen LogP contribution in [0.1, 0.15) is 17.4 Å². The Kier molecular flexibility index (Phi) is 3.86. The predicted molar refractivity (Wildman–Crippen MR) is 66.5 cm³/mol. The first kappa shape index (κ1) is 12.6. The van der Waals surface area contributed by atoms with Gasteiger partial charge in [0.15, 0.2) is 4.67 Å². The van der Waals surface area contributed by atoms with Gasteiger partial charge in [-0.15, -0.1) is 0 Å². The van der Waals surface area contributed by atoms with Gasteiger partial charge in [0.25, 0.3) is 0 Å². The molecule has 0 saturated carbocycles. The standard InChI is InChI=1S/C12H9BrClFO2/c13-11-5-4-10(17-11)9(16)6-7-2-1-3-8(15)12(7)14/h1-5,9,16H,6H2. The van der Waals surface area contributed by atoms with Crippen molar-refractivity contribution in [1.29, 1.82) is 0 Å². The summed E-state index contributed by atoms with van der Waals surface area (Å²) in [7, 11) is 0. The molecule has 0 fully saturated rings. The van der Waals surface area contributed by atoms with Crippen molar-refractivity contribution < 1.29 is 13.9 Å². The third-order valence-corrected chi connectivity index (χ3v) is 3.22. The number of rotatable bonds is 3. The second-order valence-electron chi connectivity index (χ2n) is 3.57. The summed E-state index contributed by atoms with van der Waals surface area (Å²) < 4.78 is 18.9. The Morgan fingerprint density at radius 3 is 2.76 bits per heavy atom. The van der Waals surface area contributed by atoms with Crippen LogP contribution in [0.5, 0.6) is 0 Å². The van der Waals surface area contributed by atoms with Crippen LogP contribution < -0.4 is 0 Å². The van der Waals surface area contributed by atoms with E-state index < -0.39 is 11.9 Å². The summed E-state index contributed by atoms with van der Waals surface area (Å²) >= 11 is 8.95. The highest BCUT2D eigenvalue weighted by molar-refractivity contribution is 9.10. The molecule has 2 rings (SSSR count). The van der Waals surface area contributed by atoms with Crippen molar-refractivity contribution in [3.63, 3.8) is 0 Å². The minimum Gasteiger partial charge on any atom is -0.452 e. The maximum atomic E-state index is 13.2. The van der Waals surface area contributed by atoms with E-state index in [0.29, 0.717) is 16.0 Å². The van der Waals surface area contributed by atoms with Crippen molar-refractivity contribution in [1.82, 2.24) is 0 Å². The smallest absolute Gasteiger partial charge is 0.169 e. The molecule has 0 aliphatic rings. The highest BCUT2D eigenvalue weighted by Crippen LogP contribution is 2.27. The molecule has 1 aromatic carbocycles. The zero-order chi connectivity index (χ0) is 12.4. The molecule has 0 spiro atoms. The Morgan fingerprint density at radius 1 is 1.35 bits per heavy atom. The predicted octanol–water partition coefficient (Wildman–Crippen LogP) is 4.11. The summed E-state index contributed by atoms with van der Waals surface area (Å²) in [4.78, 5) is 0. The number of halogens is 3. The van der Waals surface area contributed by atoms with Gasteiger partial charge in [0, 0.05) is 6.42 Å². The van der Waals surface area contributed by atoms with Gasteiger partial charge in [-0.25, -0.2) is 4.39 Å². The van der Waals surface area contributed by atoms with E-state index in [-0.39, 0.29) is 11.4 Å². The van der Waals surface area contributed by atoms with E-state index >= 15 is 0 Å². The number of hydrogen-bond acceptors (Lipinski definition) is 2. The number of furan rings is 1. The molecule has 0 saturated heterocycles. The fourth-order valence-corrected chi connectivity index (χ4v) is 2.04. The van der Waals surface area contributed by atoms with E-state index in [9.17, 15) is 9.50 Å². The van der Waals surface area contributed by atoms with Crippen LogP contribution in [0.3, 0.4) is 0 Å². The molecular formula is C12H9BrClFO2. The second-order valence-corrected chi connectivity index (χ2v) is 4.73. The quantitative estimate of drug-likeness (QED) is 0.923. The topological polar surface area (TPSA) is 33.4 Å². The molecule has 2 aromatic rings. The first-order valence-electron chi connectivity index (χ1n) is 4.94. The maximum absolute atomic E-state index is 13.2. The lowest BCUT2D eigenvalue weighted by Gasteiger charge is -2.09. The molecule has 90 valence electrons. The van der Waals surface area contributed by atoms with E-state index in [1.165, 1.54) is 6.07 Å². The van der Waals surface area contributed by atoms with Crippen molar-refractivity contribution in [3.8, 4) is 0 Å². The van der Waals surface area contributed by atoms with Crippen LogP contribution in [0.25, 0.3) is 0 Å². The van der Waals surface area contributed by atoms with Gasteiger partial charge in [-0.3, -0.25) is 0 Å². The monoisotopic (exact) mass is 318 g/mol. The minimum atomic E-state index is -0.847. The molecule has 1 unspecified atom stereocenters. The van der Waals surface area contributed by atoms with Crippen molar-refractivity contribution in [3.05, 3.63) is 57.2 Å². The van der Waals surface area contributed by atoms with Crippen LogP contribution in [0, 0.1) is 5.82 Å². The number of benzene rings is 1. The average molecular weight is 320 g/mol. The maximum Gasteiger partial charge on any atom is 0.169 e. The minimum absolute atomic E-state index is 0.0390. The van der Waals surface area contributed by atoms with Crippen molar-refractivity contribution >= 4 is 27.5 Å². The van der Waals surface area contributed by atoms with E-state index in [0.717, 1.165) is 0 Å². The molecule has 17 heavy (non-hydrogen) atoms. The van der Waals surface area contributed by atoms with Crippen LogP contribution in [-0.2, 0) is 6.42 Å². The molecule has 0 amide bonds. The van der Waals surface area contributed by atoms with Crippen molar-refractivity contribution in [2.75, 3.05) is 0 Å². The third-order valence-electron chi connectivity index (χ3n) is 2.37. The highest BCUT2D eigenvalue weighted by atomic mass is 79.9. The second kappa shape index (κ2) is 5.21. The fraction of sp³-hybridized carbons (Fsp3) is 0.167. The molecular weight excluding hydrogens is 310 g/mol. The molecule has 0 aliphatic heterocycles. The number of aliphatic hydroxyl groups excluding tert-OH is 1. The van der Waals surface area contributed by atoms with Gasteiger partial charge in [0.05, 0.1) is 5.02 Å². The molecule has 5 heteroatoms. The van der Waals surface area contributed by atoms with Gasteiger partial charge >= 0.3 is 0 Å².